The molecular formula is C24H16F6O2S. The quantitative estimate of drug-likeness (QED) is 0.230. The van der Waals surface area contributed by atoms with E-state index in [4.69, 9.17) is 0 Å². The Bertz CT molecular complexity index is 1100. The van der Waals surface area contributed by atoms with Gasteiger partial charge in [-0.05, 0) is 54.4 Å². The number of benzene rings is 3. The van der Waals surface area contributed by atoms with Gasteiger partial charge in [0.15, 0.2) is 0 Å². The number of carboxylic acid groups (broad SMARTS) is 1. The molecule has 0 heterocycles. The van der Waals surface area contributed by atoms with Crippen molar-refractivity contribution in [2.75, 3.05) is 0 Å². The maximum absolute atomic E-state index is 13.0. The van der Waals surface area contributed by atoms with Crippen molar-refractivity contribution in [2.24, 2.45) is 0 Å². The number of carbonyl (C=O) groups is 1. The number of carboxylic acids is 1. The van der Waals surface area contributed by atoms with Crippen LogP contribution >= 0.6 is 11.8 Å². The monoisotopic (exact) mass is 482 g/mol. The molecule has 0 unspecified atom stereocenters. The molecular weight excluding hydrogens is 466 g/mol. The number of halogens is 6. The number of hydrogen-bond acceptors (Lipinski definition) is 2. The zero-order valence-corrected chi connectivity index (χ0v) is 17.8. The first kappa shape index (κ1) is 24.4. The van der Waals surface area contributed by atoms with Gasteiger partial charge in [0.1, 0.15) is 4.91 Å². The van der Waals surface area contributed by atoms with Gasteiger partial charge in [-0.15, -0.1) is 0 Å². The Hall–Kier alpha value is -3.20. The minimum atomic E-state index is -4.59. The SMILES string of the molecule is Cc1ccc(SC(C(=O)O)=C(c2ccc(C(F)(F)F)cc2)c2ccc(C(F)(F)F)cc2)cc1. The third kappa shape index (κ3) is 5.98. The van der Waals surface area contributed by atoms with E-state index in [0.717, 1.165) is 65.9 Å². The number of hydrogen-bond donors (Lipinski definition) is 1. The maximum atomic E-state index is 13.0. The van der Waals surface area contributed by atoms with Crippen molar-refractivity contribution >= 4 is 23.3 Å². The highest BCUT2D eigenvalue weighted by Gasteiger charge is 2.32. The lowest BCUT2D eigenvalue weighted by Gasteiger charge is -2.16. The summed E-state index contributed by atoms with van der Waals surface area (Å²) in [5.74, 6) is -1.37. The number of aryl methyl sites for hydroxylation is 1. The summed E-state index contributed by atoms with van der Waals surface area (Å²) in [5.41, 5.74) is -0.664. The molecule has 0 amide bonds. The number of rotatable bonds is 5. The molecule has 0 fully saturated rings. The van der Waals surface area contributed by atoms with E-state index >= 15 is 0 Å². The highest BCUT2D eigenvalue weighted by atomic mass is 32.2. The molecule has 33 heavy (non-hydrogen) atoms. The Balaban J connectivity index is 2.19. The summed E-state index contributed by atoms with van der Waals surface area (Å²) in [6.07, 6.45) is -9.19. The van der Waals surface area contributed by atoms with Gasteiger partial charge in [-0.25, -0.2) is 4.79 Å². The van der Waals surface area contributed by atoms with Gasteiger partial charge in [-0.3, -0.25) is 0 Å². The fourth-order valence-corrected chi connectivity index (χ4v) is 3.94. The zero-order chi connectivity index (χ0) is 24.4. The second-order valence-corrected chi connectivity index (χ2v) is 8.16. The van der Waals surface area contributed by atoms with Gasteiger partial charge in [-0.2, -0.15) is 26.3 Å². The molecule has 0 saturated heterocycles. The second-order valence-electron chi connectivity index (χ2n) is 7.07. The summed E-state index contributed by atoms with van der Waals surface area (Å²) in [6, 6.07) is 14.5. The van der Waals surface area contributed by atoms with Gasteiger partial charge in [-0.1, -0.05) is 53.7 Å². The molecule has 0 atom stereocenters. The lowest BCUT2D eigenvalue weighted by molar-refractivity contribution is -0.138. The Morgan fingerprint density at radius 2 is 1.09 bits per heavy atom. The molecule has 0 aliphatic heterocycles. The van der Waals surface area contributed by atoms with Crippen molar-refractivity contribution in [3.8, 4) is 0 Å². The van der Waals surface area contributed by atoms with Crippen LogP contribution in [0.5, 0.6) is 0 Å². The molecule has 0 aliphatic carbocycles. The van der Waals surface area contributed by atoms with Crippen LogP contribution in [0.4, 0.5) is 26.3 Å². The van der Waals surface area contributed by atoms with Gasteiger partial charge in [0.05, 0.1) is 11.1 Å². The second kappa shape index (κ2) is 9.35. The van der Waals surface area contributed by atoms with Gasteiger partial charge in [0.2, 0.25) is 0 Å². The molecule has 0 aliphatic rings. The molecule has 3 aromatic carbocycles. The van der Waals surface area contributed by atoms with Gasteiger partial charge in [0.25, 0.3) is 0 Å². The van der Waals surface area contributed by atoms with E-state index < -0.39 is 29.4 Å². The fraction of sp³-hybridized carbons (Fsp3) is 0.125. The Morgan fingerprint density at radius 1 is 0.697 bits per heavy atom. The van der Waals surface area contributed by atoms with Crippen molar-refractivity contribution < 1.29 is 36.2 Å². The van der Waals surface area contributed by atoms with Crippen LogP contribution in [0.1, 0.15) is 27.8 Å². The Kier molecular flexibility index (Phi) is 6.92. The van der Waals surface area contributed by atoms with Crippen LogP contribution in [0.25, 0.3) is 5.57 Å². The molecule has 9 heteroatoms. The smallest absolute Gasteiger partial charge is 0.416 e. The highest BCUT2D eigenvalue weighted by Crippen LogP contribution is 2.39. The molecule has 1 N–H and O–H groups in total. The average molecular weight is 482 g/mol. The van der Waals surface area contributed by atoms with E-state index in [1.807, 2.05) is 6.92 Å². The normalized spacial score (nSPS) is 11.8. The standard InChI is InChI=1S/C24H16F6O2S/c1-14-2-12-19(13-3-14)33-21(22(31)32)20(15-4-8-17(9-5-15)23(25,26)27)16-6-10-18(11-7-16)24(28,29)30/h2-13H,1H3,(H,31,32). The van der Waals surface area contributed by atoms with Crippen LogP contribution in [0.3, 0.4) is 0 Å². The first-order valence-corrected chi connectivity index (χ1v) is 10.3. The molecule has 172 valence electrons. The molecule has 0 spiro atoms. The number of alkyl halides is 6. The summed E-state index contributed by atoms with van der Waals surface area (Å²) >= 11 is 0.858. The van der Waals surface area contributed by atoms with Gasteiger partial charge in [0, 0.05) is 10.5 Å². The highest BCUT2D eigenvalue weighted by molar-refractivity contribution is 8.04. The number of thioether (sulfide) groups is 1. The van der Waals surface area contributed by atoms with Crippen LogP contribution in [0, 0.1) is 6.92 Å². The molecule has 3 aromatic rings. The van der Waals surface area contributed by atoms with E-state index in [1.54, 1.807) is 24.3 Å². The number of aliphatic carboxylic acids is 1. The lowest BCUT2D eigenvalue weighted by Crippen LogP contribution is -2.07. The minimum Gasteiger partial charge on any atom is -0.477 e. The summed E-state index contributed by atoms with van der Waals surface area (Å²) in [4.78, 5) is 12.5. The van der Waals surface area contributed by atoms with E-state index in [9.17, 15) is 36.2 Å². The van der Waals surface area contributed by atoms with Crippen molar-refractivity contribution in [3.63, 3.8) is 0 Å². The average Bonchev–Trinajstić information content (AvgIpc) is 2.74. The van der Waals surface area contributed by atoms with E-state index in [-0.39, 0.29) is 21.6 Å². The summed E-state index contributed by atoms with van der Waals surface area (Å²) < 4.78 is 77.9. The van der Waals surface area contributed by atoms with E-state index in [2.05, 4.69) is 0 Å². The summed E-state index contributed by atoms with van der Waals surface area (Å²) in [7, 11) is 0. The Labute approximate surface area is 189 Å². The zero-order valence-electron chi connectivity index (χ0n) is 17.0. The molecule has 0 saturated carbocycles. The van der Waals surface area contributed by atoms with E-state index in [0.29, 0.717) is 4.90 Å². The van der Waals surface area contributed by atoms with Gasteiger partial charge < -0.3 is 5.11 Å². The molecule has 3 rings (SSSR count). The first-order chi connectivity index (χ1) is 15.4. The largest absolute Gasteiger partial charge is 0.477 e. The van der Waals surface area contributed by atoms with Crippen LogP contribution < -0.4 is 0 Å². The third-order valence-corrected chi connectivity index (χ3v) is 5.75. The Morgan fingerprint density at radius 3 is 1.42 bits per heavy atom. The van der Waals surface area contributed by atoms with Crippen LogP contribution in [-0.2, 0) is 17.1 Å². The molecule has 0 aromatic heterocycles. The summed E-state index contributed by atoms with van der Waals surface area (Å²) in [6.45, 7) is 1.85. The predicted molar refractivity (Wildman–Crippen MR) is 114 cm³/mol. The first-order valence-electron chi connectivity index (χ1n) is 9.43. The fourth-order valence-electron chi connectivity index (χ4n) is 3.01. The molecule has 2 nitrogen and oxygen atoms in total. The maximum Gasteiger partial charge on any atom is 0.416 e. The van der Waals surface area contributed by atoms with Crippen molar-refractivity contribution in [1.29, 1.82) is 0 Å². The minimum absolute atomic E-state index is 0.00974. The topological polar surface area (TPSA) is 37.3 Å². The van der Waals surface area contributed by atoms with Crippen molar-refractivity contribution in [2.45, 2.75) is 24.2 Å². The van der Waals surface area contributed by atoms with Crippen LogP contribution in [0.15, 0.2) is 82.6 Å². The molecule has 0 radical (unpaired) electrons. The van der Waals surface area contributed by atoms with Gasteiger partial charge >= 0.3 is 18.3 Å². The van der Waals surface area contributed by atoms with Crippen LogP contribution in [-0.4, -0.2) is 11.1 Å². The lowest BCUT2D eigenvalue weighted by atomic mass is 9.95. The van der Waals surface area contributed by atoms with E-state index in [1.165, 1.54) is 0 Å². The van der Waals surface area contributed by atoms with Crippen molar-refractivity contribution in [1.82, 2.24) is 0 Å². The molecule has 0 bridgehead atoms. The van der Waals surface area contributed by atoms with Crippen molar-refractivity contribution in [3.05, 3.63) is 106 Å². The van der Waals surface area contributed by atoms with Crippen LogP contribution in [0.2, 0.25) is 0 Å². The summed E-state index contributed by atoms with van der Waals surface area (Å²) in [5, 5.41) is 9.91. The predicted octanol–water partition coefficient (Wildman–Crippen LogP) is 7.67. The third-order valence-electron chi connectivity index (χ3n) is 4.66.